The molecule has 8 nitrogen and oxygen atoms in total. The SMILES string of the molecule is CC1(C)CC2C(=Cc3ccc(C(=O)NCCN)cn3)C(=O)N2C1C(=O)O. The number of β-lactam (4-membered cyclic amide) rings is 1. The Balaban J connectivity index is 1.77. The number of carbonyl (C=O) groups is 3. The molecule has 4 N–H and O–H groups in total. The summed E-state index contributed by atoms with van der Waals surface area (Å²) in [6.45, 7) is 4.47. The van der Waals surface area contributed by atoms with Crippen LogP contribution in [-0.4, -0.2) is 57.9 Å². The number of carboxylic acid groups (broad SMARTS) is 1. The lowest BCUT2D eigenvalue weighted by atomic mass is 9.83. The normalized spacial score (nSPS) is 25.0. The maximum atomic E-state index is 12.4. The first-order valence-corrected chi connectivity index (χ1v) is 8.47. The number of carboxylic acids is 1. The second-order valence-electron chi connectivity index (χ2n) is 7.28. The van der Waals surface area contributed by atoms with Crippen molar-refractivity contribution in [1.29, 1.82) is 0 Å². The number of aliphatic carboxylic acids is 1. The Bertz CT molecular complexity index is 785. The molecule has 2 aliphatic heterocycles. The van der Waals surface area contributed by atoms with Crippen molar-refractivity contribution in [3.05, 3.63) is 35.2 Å². The third kappa shape index (κ3) is 2.96. The van der Waals surface area contributed by atoms with Crippen LogP contribution >= 0.6 is 0 Å². The number of fused-ring (bicyclic) bond motifs is 1. The lowest BCUT2D eigenvalue weighted by Gasteiger charge is -2.40. The fourth-order valence-electron chi connectivity index (χ4n) is 3.69. The highest BCUT2D eigenvalue weighted by Crippen LogP contribution is 2.49. The van der Waals surface area contributed by atoms with Gasteiger partial charge in [-0.25, -0.2) is 4.79 Å². The minimum atomic E-state index is -0.976. The average molecular weight is 358 g/mol. The summed E-state index contributed by atoms with van der Waals surface area (Å²) in [5.41, 5.74) is 6.39. The van der Waals surface area contributed by atoms with E-state index in [1.165, 1.54) is 11.1 Å². The summed E-state index contributed by atoms with van der Waals surface area (Å²) >= 11 is 0. The predicted octanol–water partition coefficient (Wildman–Crippen LogP) is 0.247. The van der Waals surface area contributed by atoms with Gasteiger partial charge in [0, 0.05) is 24.9 Å². The lowest BCUT2D eigenvalue weighted by molar-refractivity contribution is -0.154. The van der Waals surface area contributed by atoms with Crippen LogP contribution in [0.3, 0.4) is 0 Å². The van der Waals surface area contributed by atoms with Gasteiger partial charge in [0.15, 0.2) is 0 Å². The third-order valence-electron chi connectivity index (χ3n) is 4.93. The highest BCUT2D eigenvalue weighted by molar-refractivity contribution is 6.08. The first-order chi connectivity index (χ1) is 12.3. The molecular formula is C18H22N4O4. The minimum Gasteiger partial charge on any atom is -0.480 e. The van der Waals surface area contributed by atoms with Crippen LogP contribution in [0.25, 0.3) is 6.08 Å². The van der Waals surface area contributed by atoms with E-state index in [4.69, 9.17) is 5.73 Å². The maximum absolute atomic E-state index is 12.4. The van der Waals surface area contributed by atoms with Crippen LogP contribution in [0.2, 0.25) is 0 Å². The second-order valence-corrected chi connectivity index (χ2v) is 7.28. The van der Waals surface area contributed by atoms with Gasteiger partial charge in [-0.15, -0.1) is 0 Å². The van der Waals surface area contributed by atoms with E-state index >= 15 is 0 Å². The van der Waals surface area contributed by atoms with Gasteiger partial charge < -0.3 is 21.1 Å². The summed E-state index contributed by atoms with van der Waals surface area (Å²) in [6.07, 6.45) is 3.71. The van der Waals surface area contributed by atoms with E-state index in [2.05, 4.69) is 10.3 Å². The van der Waals surface area contributed by atoms with Gasteiger partial charge in [0.1, 0.15) is 6.04 Å². The van der Waals surface area contributed by atoms with Crippen molar-refractivity contribution in [3.8, 4) is 0 Å². The summed E-state index contributed by atoms with van der Waals surface area (Å²) < 4.78 is 0. The van der Waals surface area contributed by atoms with Crippen LogP contribution in [0.4, 0.5) is 0 Å². The van der Waals surface area contributed by atoms with Crippen LogP contribution < -0.4 is 11.1 Å². The molecule has 2 fully saturated rings. The Morgan fingerprint density at radius 1 is 1.46 bits per heavy atom. The number of nitrogens with zero attached hydrogens (tertiary/aromatic N) is 2. The summed E-state index contributed by atoms with van der Waals surface area (Å²) in [4.78, 5) is 41.5. The van der Waals surface area contributed by atoms with E-state index in [1.54, 1.807) is 18.2 Å². The van der Waals surface area contributed by atoms with Crippen molar-refractivity contribution in [2.24, 2.45) is 11.1 Å². The third-order valence-corrected chi connectivity index (χ3v) is 4.93. The average Bonchev–Trinajstić information content (AvgIpc) is 2.86. The molecule has 0 aromatic carbocycles. The van der Waals surface area contributed by atoms with Crippen LogP contribution in [-0.2, 0) is 9.59 Å². The topological polar surface area (TPSA) is 126 Å². The highest BCUT2D eigenvalue weighted by atomic mass is 16.4. The summed E-state index contributed by atoms with van der Waals surface area (Å²) in [5, 5.41) is 12.1. The number of hydrogen-bond acceptors (Lipinski definition) is 5. The number of nitrogens with one attached hydrogen (secondary N) is 1. The summed E-state index contributed by atoms with van der Waals surface area (Å²) in [6, 6.07) is 2.28. The number of aromatic nitrogens is 1. The lowest BCUT2D eigenvalue weighted by Crippen LogP contribution is -2.57. The molecule has 26 heavy (non-hydrogen) atoms. The van der Waals surface area contributed by atoms with Gasteiger partial charge >= 0.3 is 5.97 Å². The number of nitrogens with two attached hydrogens (primary N) is 1. The number of pyridine rings is 1. The minimum absolute atomic E-state index is 0.201. The molecule has 3 rings (SSSR count). The van der Waals surface area contributed by atoms with Crippen molar-refractivity contribution in [3.63, 3.8) is 0 Å². The van der Waals surface area contributed by atoms with Crippen LogP contribution in [0.1, 0.15) is 36.3 Å². The molecule has 0 radical (unpaired) electrons. The van der Waals surface area contributed by atoms with Crippen LogP contribution in [0, 0.1) is 5.41 Å². The molecule has 0 saturated carbocycles. The van der Waals surface area contributed by atoms with Gasteiger partial charge in [-0.3, -0.25) is 14.6 Å². The van der Waals surface area contributed by atoms with Gasteiger partial charge in [-0.2, -0.15) is 0 Å². The molecule has 0 spiro atoms. The number of rotatable bonds is 5. The van der Waals surface area contributed by atoms with Gasteiger partial charge in [0.25, 0.3) is 11.8 Å². The molecule has 8 heteroatoms. The van der Waals surface area contributed by atoms with E-state index in [0.29, 0.717) is 36.3 Å². The molecule has 2 unspecified atom stereocenters. The Labute approximate surface area is 151 Å². The van der Waals surface area contributed by atoms with Crippen molar-refractivity contribution < 1.29 is 19.5 Å². The zero-order chi connectivity index (χ0) is 19.1. The van der Waals surface area contributed by atoms with Crippen molar-refractivity contribution in [2.75, 3.05) is 13.1 Å². The highest BCUT2D eigenvalue weighted by Gasteiger charge is 2.60. The molecular weight excluding hydrogens is 336 g/mol. The molecule has 138 valence electrons. The molecule has 2 saturated heterocycles. The molecule has 1 aromatic rings. The van der Waals surface area contributed by atoms with Gasteiger partial charge in [0.2, 0.25) is 0 Å². The molecule has 2 atom stereocenters. The smallest absolute Gasteiger partial charge is 0.327 e. The second kappa shape index (κ2) is 6.53. The van der Waals surface area contributed by atoms with E-state index in [-0.39, 0.29) is 17.9 Å². The predicted molar refractivity (Wildman–Crippen MR) is 94.1 cm³/mol. The summed E-state index contributed by atoms with van der Waals surface area (Å²) in [7, 11) is 0. The van der Waals surface area contributed by atoms with Gasteiger partial charge in [-0.05, 0) is 30.0 Å². The van der Waals surface area contributed by atoms with E-state index < -0.39 is 17.4 Å². The molecule has 2 aliphatic rings. The Morgan fingerprint density at radius 3 is 2.77 bits per heavy atom. The molecule has 1 aromatic heterocycles. The Hall–Kier alpha value is -2.74. The number of hydrogen-bond donors (Lipinski definition) is 3. The summed E-state index contributed by atoms with van der Waals surface area (Å²) in [5.74, 6) is -1.50. The first kappa shape index (κ1) is 18.1. The fraction of sp³-hybridized carbons (Fsp3) is 0.444. The largest absolute Gasteiger partial charge is 0.480 e. The quantitative estimate of drug-likeness (QED) is 0.512. The van der Waals surface area contributed by atoms with E-state index in [0.717, 1.165) is 0 Å². The maximum Gasteiger partial charge on any atom is 0.327 e. The van der Waals surface area contributed by atoms with Crippen molar-refractivity contribution in [2.45, 2.75) is 32.4 Å². The zero-order valence-electron chi connectivity index (χ0n) is 14.7. The van der Waals surface area contributed by atoms with Crippen molar-refractivity contribution in [1.82, 2.24) is 15.2 Å². The molecule has 2 amide bonds. The van der Waals surface area contributed by atoms with Crippen LogP contribution in [0.5, 0.6) is 0 Å². The molecule has 0 bridgehead atoms. The van der Waals surface area contributed by atoms with E-state index in [1.807, 2.05) is 13.8 Å². The Kier molecular flexibility index (Phi) is 4.53. The zero-order valence-corrected chi connectivity index (χ0v) is 14.7. The number of amides is 2. The van der Waals surface area contributed by atoms with Crippen LogP contribution in [0.15, 0.2) is 23.9 Å². The fourth-order valence-corrected chi connectivity index (χ4v) is 3.69. The standard InChI is InChI=1S/C18H22N4O4/c1-18(2)8-13-12(16(24)22(13)14(18)17(25)26)7-11-4-3-10(9-21-11)15(23)20-6-5-19/h3-4,7,9,13-14H,5-6,8,19H2,1-2H3,(H,20,23)(H,25,26). The van der Waals surface area contributed by atoms with Gasteiger partial charge in [0.05, 0.1) is 17.3 Å². The van der Waals surface area contributed by atoms with E-state index in [9.17, 15) is 19.5 Å². The van der Waals surface area contributed by atoms with Crippen molar-refractivity contribution >= 4 is 23.9 Å². The number of carbonyl (C=O) groups excluding carboxylic acids is 2. The monoisotopic (exact) mass is 358 g/mol. The molecule has 0 aliphatic carbocycles. The molecule has 3 heterocycles. The van der Waals surface area contributed by atoms with Gasteiger partial charge in [-0.1, -0.05) is 13.8 Å². The first-order valence-electron chi connectivity index (χ1n) is 8.47. The Morgan fingerprint density at radius 2 is 2.19 bits per heavy atom.